The Balaban J connectivity index is 1.56. The summed E-state index contributed by atoms with van der Waals surface area (Å²) in [7, 11) is 0. The van der Waals surface area contributed by atoms with Crippen LogP contribution in [0.1, 0.15) is 43.9 Å². The number of ether oxygens (including phenoxy) is 2. The quantitative estimate of drug-likeness (QED) is 0.448. The van der Waals surface area contributed by atoms with Gasteiger partial charge in [-0.25, -0.2) is 9.48 Å². The largest absolute Gasteiger partial charge is 0.466 e. The molecule has 35 heavy (non-hydrogen) atoms. The van der Waals surface area contributed by atoms with Crippen molar-refractivity contribution in [1.82, 2.24) is 15.0 Å². The fourth-order valence-corrected chi connectivity index (χ4v) is 4.07. The molecule has 0 spiro atoms. The van der Waals surface area contributed by atoms with Gasteiger partial charge in [0.2, 0.25) is 0 Å². The number of nitrogens with one attached hydrogen (secondary N) is 1. The third kappa shape index (κ3) is 5.66. The maximum atomic E-state index is 12.7. The lowest BCUT2D eigenvalue weighted by molar-refractivity contribution is -0.145. The smallest absolute Gasteiger partial charge is 0.413 e. The third-order valence-electron chi connectivity index (χ3n) is 5.87. The molecule has 8 heteroatoms. The SMILES string of the molecule is CCOC(=O)CC1(n2nncc2NC(=O)O[C@H](C)c2ccccc2)C=CC(c2ccccc2)=CC1. The van der Waals surface area contributed by atoms with Crippen molar-refractivity contribution in [3.05, 3.63) is 96.2 Å². The molecule has 1 amide bonds. The average Bonchev–Trinajstić information content (AvgIpc) is 3.34. The summed E-state index contributed by atoms with van der Waals surface area (Å²) < 4.78 is 12.3. The topological polar surface area (TPSA) is 95.3 Å². The van der Waals surface area contributed by atoms with Gasteiger partial charge in [0.25, 0.3) is 0 Å². The second-order valence-corrected chi connectivity index (χ2v) is 8.26. The van der Waals surface area contributed by atoms with Gasteiger partial charge in [0.15, 0.2) is 5.82 Å². The molecule has 1 aliphatic carbocycles. The van der Waals surface area contributed by atoms with E-state index in [1.807, 2.05) is 72.8 Å². The standard InChI is InChI=1S/C27H28N4O4/c1-3-34-25(32)18-27(16-14-23(15-17-27)22-12-8-5-9-13-22)31-24(19-28-30-31)29-26(33)35-20(2)21-10-6-4-7-11-21/h4-16,19-20H,3,17-18H2,1-2H3,(H,29,33)/t20-,27?/m1/s1. The number of benzene rings is 2. The van der Waals surface area contributed by atoms with Gasteiger partial charge in [0, 0.05) is 0 Å². The fourth-order valence-electron chi connectivity index (χ4n) is 4.07. The van der Waals surface area contributed by atoms with E-state index in [1.54, 1.807) is 18.5 Å². The number of carbonyl (C=O) groups excluding carboxylic acids is 2. The second kappa shape index (κ2) is 10.8. The minimum atomic E-state index is -0.894. The number of allylic oxidation sites excluding steroid dienone is 4. The Bertz CT molecular complexity index is 1220. The van der Waals surface area contributed by atoms with Gasteiger partial charge in [-0.05, 0) is 37.0 Å². The van der Waals surface area contributed by atoms with Crippen molar-refractivity contribution in [1.29, 1.82) is 0 Å². The molecule has 2 atom stereocenters. The van der Waals surface area contributed by atoms with Crippen LogP contribution in [-0.4, -0.2) is 33.7 Å². The van der Waals surface area contributed by atoms with E-state index in [9.17, 15) is 9.59 Å². The Morgan fingerprint density at radius 3 is 2.49 bits per heavy atom. The number of rotatable bonds is 8. The number of hydrogen-bond acceptors (Lipinski definition) is 6. The van der Waals surface area contributed by atoms with Crippen LogP contribution in [0.25, 0.3) is 5.57 Å². The van der Waals surface area contributed by atoms with Crippen LogP contribution in [0, 0.1) is 0 Å². The molecule has 3 aromatic rings. The van der Waals surface area contributed by atoms with E-state index in [0.717, 1.165) is 16.7 Å². The van der Waals surface area contributed by atoms with Crippen LogP contribution >= 0.6 is 0 Å². The van der Waals surface area contributed by atoms with Crippen LogP contribution in [0.3, 0.4) is 0 Å². The minimum Gasteiger partial charge on any atom is -0.466 e. The van der Waals surface area contributed by atoms with Gasteiger partial charge in [0.05, 0.1) is 24.8 Å². The molecule has 1 heterocycles. The Morgan fingerprint density at radius 1 is 1.11 bits per heavy atom. The Hall–Kier alpha value is -4.20. The van der Waals surface area contributed by atoms with E-state index in [0.29, 0.717) is 12.2 Å². The average molecular weight is 473 g/mol. The molecule has 1 unspecified atom stereocenters. The Kier molecular flexibility index (Phi) is 7.40. The van der Waals surface area contributed by atoms with E-state index < -0.39 is 17.7 Å². The van der Waals surface area contributed by atoms with Crippen LogP contribution in [0.2, 0.25) is 0 Å². The maximum Gasteiger partial charge on any atom is 0.413 e. The summed E-state index contributed by atoms with van der Waals surface area (Å²) in [6.07, 6.45) is 6.77. The Morgan fingerprint density at radius 2 is 1.83 bits per heavy atom. The predicted octanol–water partition coefficient (Wildman–Crippen LogP) is 5.28. The molecular formula is C27H28N4O4. The molecule has 8 nitrogen and oxygen atoms in total. The first-order chi connectivity index (χ1) is 17.0. The van der Waals surface area contributed by atoms with Crippen molar-refractivity contribution in [2.75, 3.05) is 11.9 Å². The molecule has 0 saturated carbocycles. The highest BCUT2D eigenvalue weighted by Gasteiger charge is 2.37. The number of carbonyl (C=O) groups is 2. The molecule has 2 aromatic carbocycles. The van der Waals surface area contributed by atoms with Crippen LogP contribution in [0.5, 0.6) is 0 Å². The van der Waals surface area contributed by atoms with E-state index in [2.05, 4.69) is 21.7 Å². The molecule has 180 valence electrons. The van der Waals surface area contributed by atoms with Crippen LogP contribution in [-0.2, 0) is 19.8 Å². The van der Waals surface area contributed by atoms with E-state index >= 15 is 0 Å². The normalized spacial score (nSPS) is 17.8. The first-order valence-corrected chi connectivity index (χ1v) is 11.5. The van der Waals surface area contributed by atoms with Gasteiger partial charge < -0.3 is 9.47 Å². The monoisotopic (exact) mass is 472 g/mol. The van der Waals surface area contributed by atoms with Crippen molar-refractivity contribution in [2.24, 2.45) is 0 Å². The number of hydrogen-bond donors (Lipinski definition) is 1. The second-order valence-electron chi connectivity index (χ2n) is 8.26. The van der Waals surface area contributed by atoms with Crippen molar-refractivity contribution >= 4 is 23.5 Å². The molecule has 0 aliphatic heterocycles. The first-order valence-electron chi connectivity index (χ1n) is 11.5. The molecule has 0 fully saturated rings. The zero-order chi connectivity index (χ0) is 24.7. The summed E-state index contributed by atoms with van der Waals surface area (Å²) in [4.78, 5) is 25.2. The van der Waals surface area contributed by atoms with E-state index in [-0.39, 0.29) is 19.0 Å². The first kappa shape index (κ1) is 23.9. The molecule has 1 aliphatic rings. The summed E-state index contributed by atoms with van der Waals surface area (Å²) in [5.41, 5.74) is 2.09. The minimum absolute atomic E-state index is 0.0312. The highest BCUT2D eigenvalue weighted by molar-refractivity contribution is 5.84. The van der Waals surface area contributed by atoms with Gasteiger partial charge in [-0.15, -0.1) is 5.10 Å². The maximum absolute atomic E-state index is 12.7. The van der Waals surface area contributed by atoms with Crippen molar-refractivity contribution in [3.8, 4) is 0 Å². The van der Waals surface area contributed by atoms with Crippen molar-refractivity contribution in [2.45, 2.75) is 38.3 Å². The van der Waals surface area contributed by atoms with Gasteiger partial charge in [0.1, 0.15) is 6.10 Å². The molecule has 1 aromatic heterocycles. The number of anilines is 1. The summed E-state index contributed by atoms with van der Waals surface area (Å²) in [5.74, 6) is -0.0452. The molecule has 0 saturated heterocycles. The van der Waals surface area contributed by atoms with Crippen LogP contribution in [0.15, 0.2) is 85.1 Å². The number of amides is 1. The molecule has 1 N–H and O–H groups in total. The Labute approximate surface area is 204 Å². The van der Waals surface area contributed by atoms with E-state index in [4.69, 9.17) is 9.47 Å². The summed E-state index contributed by atoms with van der Waals surface area (Å²) in [5, 5.41) is 11.0. The molecule has 0 bridgehead atoms. The van der Waals surface area contributed by atoms with Gasteiger partial charge in [-0.2, -0.15) is 0 Å². The molecular weight excluding hydrogens is 444 g/mol. The van der Waals surface area contributed by atoms with Crippen LogP contribution in [0.4, 0.5) is 10.6 Å². The molecule has 4 rings (SSSR count). The fraction of sp³-hybridized carbons (Fsp3) is 0.259. The third-order valence-corrected chi connectivity index (χ3v) is 5.87. The lowest BCUT2D eigenvalue weighted by Gasteiger charge is -2.32. The predicted molar refractivity (Wildman–Crippen MR) is 132 cm³/mol. The summed E-state index contributed by atoms with van der Waals surface area (Å²) in [6.45, 7) is 3.84. The lowest BCUT2D eigenvalue weighted by atomic mass is 9.84. The molecule has 0 radical (unpaired) electrons. The zero-order valence-corrected chi connectivity index (χ0v) is 19.8. The summed E-state index contributed by atoms with van der Waals surface area (Å²) >= 11 is 0. The van der Waals surface area contributed by atoms with Crippen LogP contribution < -0.4 is 5.32 Å². The highest BCUT2D eigenvalue weighted by atomic mass is 16.6. The number of esters is 1. The van der Waals surface area contributed by atoms with Gasteiger partial charge >= 0.3 is 12.1 Å². The highest BCUT2D eigenvalue weighted by Crippen LogP contribution is 2.37. The van der Waals surface area contributed by atoms with E-state index in [1.165, 1.54) is 6.20 Å². The lowest BCUT2D eigenvalue weighted by Crippen LogP contribution is -2.38. The van der Waals surface area contributed by atoms with Crippen molar-refractivity contribution < 1.29 is 19.1 Å². The van der Waals surface area contributed by atoms with Gasteiger partial charge in [-0.1, -0.05) is 84.1 Å². The zero-order valence-electron chi connectivity index (χ0n) is 19.8. The number of aromatic nitrogens is 3. The summed E-state index contributed by atoms with van der Waals surface area (Å²) in [6, 6.07) is 19.4. The van der Waals surface area contributed by atoms with Crippen molar-refractivity contribution in [3.63, 3.8) is 0 Å². The number of nitrogens with zero attached hydrogens (tertiary/aromatic N) is 3. The van der Waals surface area contributed by atoms with Gasteiger partial charge in [-0.3, -0.25) is 10.1 Å².